The molecule has 0 aliphatic carbocycles. The van der Waals surface area contributed by atoms with E-state index >= 15 is 0 Å². The van der Waals surface area contributed by atoms with Crippen molar-refractivity contribution in [3.63, 3.8) is 0 Å². The molecule has 2 N–H and O–H groups in total. The summed E-state index contributed by atoms with van der Waals surface area (Å²) >= 11 is 0. The predicted molar refractivity (Wildman–Crippen MR) is 96.7 cm³/mol. The molecular weight excluding hydrogens is 288 g/mol. The van der Waals surface area contributed by atoms with Crippen LogP contribution in [0.3, 0.4) is 0 Å². The number of amides is 1. The van der Waals surface area contributed by atoms with Gasteiger partial charge in [-0.3, -0.25) is 0 Å². The van der Waals surface area contributed by atoms with Crippen molar-refractivity contribution in [3.8, 4) is 0 Å². The highest BCUT2D eigenvalue weighted by atomic mass is 16.6. The molecule has 130 valence electrons. The van der Waals surface area contributed by atoms with Crippen molar-refractivity contribution >= 4 is 11.8 Å². The van der Waals surface area contributed by atoms with E-state index in [1.807, 2.05) is 39.0 Å². The van der Waals surface area contributed by atoms with Crippen LogP contribution in [0, 0.1) is 5.92 Å². The fourth-order valence-corrected chi connectivity index (χ4v) is 2.22. The number of hydrogen-bond acceptors (Lipinski definition) is 3. The molecule has 0 saturated heterocycles. The predicted octanol–water partition coefficient (Wildman–Crippen LogP) is 4.95. The summed E-state index contributed by atoms with van der Waals surface area (Å²) in [6.07, 6.45) is 1.94. The average molecular weight is 320 g/mol. The zero-order valence-corrected chi connectivity index (χ0v) is 15.4. The van der Waals surface area contributed by atoms with Crippen LogP contribution in [0.15, 0.2) is 24.3 Å². The lowest BCUT2D eigenvalue weighted by atomic mass is 10.0. The Hall–Kier alpha value is -1.71. The Morgan fingerprint density at radius 1 is 1.13 bits per heavy atom. The van der Waals surface area contributed by atoms with Crippen molar-refractivity contribution in [1.82, 2.24) is 5.32 Å². The maximum absolute atomic E-state index is 11.8. The number of anilines is 1. The van der Waals surface area contributed by atoms with E-state index < -0.39 is 5.60 Å². The maximum Gasteiger partial charge on any atom is 0.407 e. The van der Waals surface area contributed by atoms with Gasteiger partial charge in [-0.25, -0.2) is 4.79 Å². The molecule has 0 spiro atoms. The number of nitrogens with one attached hydrogen (secondary N) is 2. The molecule has 0 radical (unpaired) electrons. The van der Waals surface area contributed by atoms with Crippen LogP contribution in [0.2, 0.25) is 0 Å². The monoisotopic (exact) mass is 320 g/mol. The van der Waals surface area contributed by atoms with Crippen LogP contribution in [0.5, 0.6) is 0 Å². The van der Waals surface area contributed by atoms with E-state index in [9.17, 15) is 4.79 Å². The summed E-state index contributed by atoms with van der Waals surface area (Å²) in [6.45, 7) is 12.7. The van der Waals surface area contributed by atoms with Crippen molar-refractivity contribution in [2.45, 2.75) is 72.6 Å². The SMILES string of the molecule is CC(C)CCC(C)Nc1ccccc1CNC(=O)OC(C)(C)C. The van der Waals surface area contributed by atoms with Gasteiger partial charge in [-0.05, 0) is 58.1 Å². The third-order valence-electron chi connectivity index (χ3n) is 3.42. The molecule has 1 amide bonds. The summed E-state index contributed by atoms with van der Waals surface area (Å²) in [5.74, 6) is 0.711. The molecule has 0 aromatic heterocycles. The van der Waals surface area contributed by atoms with Gasteiger partial charge in [0, 0.05) is 18.3 Å². The third-order valence-corrected chi connectivity index (χ3v) is 3.42. The van der Waals surface area contributed by atoms with Crippen molar-refractivity contribution in [2.75, 3.05) is 5.32 Å². The van der Waals surface area contributed by atoms with E-state index in [0.717, 1.165) is 17.7 Å². The Kier molecular flexibility index (Phi) is 7.40. The molecule has 0 saturated carbocycles. The topological polar surface area (TPSA) is 50.4 Å². The summed E-state index contributed by atoms with van der Waals surface area (Å²) in [5, 5.41) is 6.36. The standard InChI is InChI=1S/C19H32N2O2/c1-14(2)11-12-15(3)21-17-10-8-7-9-16(17)13-20-18(22)23-19(4,5)6/h7-10,14-15,21H,11-13H2,1-6H3,(H,20,22). The highest BCUT2D eigenvalue weighted by molar-refractivity contribution is 5.68. The molecule has 1 unspecified atom stereocenters. The number of para-hydroxylation sites is 1. The molecule has 23 heavy (non-hydrogen) atoms. The molecule has 1 rings (SSSR count). The molecular formula is C19H32N2O2. The van der Waals surface area contributed by atoms with E-state index in [1.54, 1.807) is 0 Å². The number of ether oxygens (including phenoxy) is 1. The quantitative estimate of drug-likeness (QED) is 0.747. The van der Waals surface area contributed by atoms with Crippen molar-refractivity contribution in [1.29, 1.82) is 0 Å². The number of rotatable bonds is 7. The smallest absolute Gasteiger partial charge is 0.407 e. The fourth-order valence-electron chi connectivity index (χ4n) is 2.22. The van der Waals surface area contributed by atoms with Crippen LogP contribution in [-0.4, -0.2) is 17.7 Å². The lowest BCUT2D eigenvalue weighted by Crippen LogP contribution is -2.32. The zero-order chi connectivity index (χ0) is 17.5. The summed E-state index contributed by atoms with van der Waals surface area (Å²) in [4.78, 5) is 11.8. The van der Waals surface area contributed by atoms with E-state index in [0.29, 0.717) is 18.5 Å². The van der Waals surface area contributed by atoms with Gasteiger partial charge in [0.25, 0.3) is 0 Å². The van der Waals surface area contributed by atoms with Gasteiger partial charge in [0.05, 0.1) is 0 Å². The van der Waals surface area contributed by atoms with E-state index in [2.05, 4.69) is 37.5 Å². The Morgan fingerprint density at radius 3 is 2.39 bits per heavy atom. The Labute approximate surface area is 141 Å². The van der Waals surface area contributed by atoms with Gasteiger partial charge in [-0.15, -0.1) is 0 Å². The molecule has 4 heteroatoms. The van der Waals surface area contributed by atoms with Gasteiger partial charge < -0.3 is 15.4 Å². The summed E-state index contributed by atoms with van der Waals surface area (Å²) in [5.41, 5.74) is 1.65. The Morgan fingerprint density at radius 2 is 1.78 bits per heavy atom. The minimum absolute atomic E-state index is 0.389. The van der Waals surface area contributed by atoms with E-state index in [-0.39, 0.29) is 6.09 Å². The largest absolute Gasteiger partial charge is 0.444 e. The van der Waals surface area contributed by atoms with Crippen LogP contribution in [0.25, 0.3) is 0 Å². The molecule has 4 nitrogen and oxygen atoms in total. The highest BCUT2D eigenvalue weighted by Gasteiger charge is 2.16. The first-order chi connectivity index (χ1) is 10.7. The maximum atomic E-state index is 11.8. The summed E-state index contributed by atoms with van der Waals surface area (Å²) < 4.78 is 5.27. The van der Waals surface area contributed by atoms with Gasteiger partial charge in [0.1, 0.15) is 5.60 Å². The lowest BCUT2D eigenvalue weighted by Gasteiger charge is -2.21. The molecule has 1 atom stereocenters. The van der Waals surface area contributed by atoms with Crippen LogP contribution < -0.4 is 10.6 Å². The molecule has 0 fully saturated rings. The van der Waals surface area contributed by atoms with Crippen molar-refractivity contribution < 1.29 is 9.53 Å². The first-order valence-electron chi connectivity index (χ1n) is 8.48. The number of carbonyl (C=O) groups is 1. The second-order valence-corrected chi connectivity index (χ2v) is 7.53. The molecule has 1 aromatic rings. The zero-order valence-electron chi connectivity index (χ0n) is 15.4. The van der Waals surface area contributed by atoms with Crippen LogP contribution in [0.4, 0.5) is 10.5 Å². The minimum atomic E-state index is -0.479. The average Bonchev–Trinajstić information content (AvgIpc) is 2.42. The van der Waals surface area contributed by atoms with Gasteiger partial charge in [-0.1, -0.05) is 32.0 Å². The lowest BCUT2D eigenvalue weighted by molar-refractivity contribution is 0.0523. The summed E-state index contributed by atoms with van der Waals surface area (Å²) in [7, 11) is 0. The highest BCUT2D eigenvalue weighted by Crippen LogP contribution is 2.18. The van der Waals surface area contributed by atoms with Gasteiger partial charge in [0.2, 0.25) is 0 Å². The van der Waals surface area contributed by atoms with Crippen LogP contribution >= 0.6 is 0 Å². The van der Waals surface area contributed by atoms with Crippen LogP contribution in [0.1, 0.15) is 59.9 Å². The van der Waals surface area contributed by atoms with Crippen molar-refractivity contribution in [2.24, 2.45) is 5.92 Å². The molecule has 0 heterocycles. The van der Waals surface area contributed by atoms with Gasteiger partial charge in [-0.2, -0.15) is 0 Å². The Balaban J connectivity index is 2.58. The normalized spacial score (nSPS) is 12.8. The van der Waals surface area contributed by atoms with Crippen LogP contribution in [-0.2, 0) is 11.3 Å². The van der Waals surface area contributed by atoms with Gasteiger partial charge in [0.15, 0.2) is 0 Å². The van der Waals surface area contributed by atoms with Gasteiger partial charge >= 0.3 is 6.09 Å². The molecule has 0 bridgehead atoms. The molecule has 0 aliphatic rings. The van der Waals surface area contributed by atoms with E-state index in [1.165, 1.54) is 6.42 Å². The third kappa shape index (κ3) is 8.48. The second kappa shape index (κ2) is 8.80. The second-order valence-electron chi connectivity index (χ2n) is 7.53. The first kappa shape index (κ1) is 19.3. The fraction of sp³-hybridized carbons (Fsp3) is 0.632. The summed E-state index contributed by atoms with van der Waals surface area (Å²) in [6, 6.07) is 8.47. The van der Waals surface area contributed by atoms with Crippen molar-refractivity contribution in [3.05, 3.63) is 29.8 Å². The number of hydrogen-bond donors (Lipinski definition) is 2. The minimum Gasteiger partial charge on any atom is -0.444 e. The number of carbonyl (C=O) groups excluding carboxylic acids is 1. The number of alkyl carbamates (subject to hydrolysis) is 1. The molecule has 1 aromatic carbocycles. The van der Waals surface area contributed by atoms with E-state index in [4.69, 9.17) is 4.74 Å². The Bertz CT molecular complexity index is 492. The molecule has 0 aliphatic heterocycles. The number of benzene rings is 1. The first-order valence-corrected chi connectivity index (χ1v) is 8.48.